The molecule has 1 fully saturated rings. The molecule has 2 rings (SSSR count). The molecule has 2 N–H and O–H groups in total. The summed E-state index contributed by atoms with van der Waals surface area (Å²) in [6.45, 7) is 3.67. The van der Waals surface area contributed by atoms with Gasteiger partial charge in [0.25, 0.3) is 5.91 Å². The number of aryl methyl sites for hydroxylation is 1. The molecule has 2 heterocycles. The molecule has 1 saturated heterocycles. The zero-order chi connectivity index (χ0) is 14.0. The average Bonchev–Trinajstić information content (AvgIpc) is 2.72. The fraction of sp³-hybridized carbons (Fsp3) is 0.462. The second kappa shape index (κ2) is 4.97. The van der Waals surface area contributed by atoms with E-state index in [0.29, 0.717) is 5.56 Å². The van der Waals surface area contributed by atoms with Gasteiger partial charge >= 0.3 is 5.97 Å². The number of nitrogens with one attached hydrogen (secondary N) is 1. The summed E-state index contributed by atoms with van der Waals surface area (Å²) < 4.78 is 5.19. The summed E-state index contributed by atoms with van der Waals surface area (Å²) in [6, 6.07) is 2.71. The number of amides is 1. The second-order valence-electron chi connectivity index (χ2n) is 4.95. The average molecular weight is 264 g/mol. The molecular weight excluding hydrogens is 248 g/mol. The number of carbonyl (C=O) groups excluding carboxylic acids is 1. The highest BCUT2D eigenvalue weighted by atomic mass is 16.5. The van der Waals surface area contributed by atoms with Crippen LogP contribution in [0.3, 0.4) is 0 Å². The highest BCUT2D eigenvalue weighted by Crippen LogP contribution is 2.28. The fourth-order valence-corrected chi connectivity index (χ4v) is 2.01. The van der Waals surface area contributed by atoms with Crippen molar-refractivity contribution in [3.05, 3.63) is 29.6 Å². The van der Waals surface area contributed by atoms with Gasteiger partial charge in [-0.15, -0.1) is 0 Å². The molecule has 1 aliphatic rings. The Morgan fingerprint density at radius 1 is 1.58 bits per heavy atom. The fourth-order valence-electron chi connectivity index (χ4n) is 2.01. The Morgan fingerprint density at radius 3 is 2.95 bits per heavy atom. The molecular formula is C13H16N2O4. The third kappa shape index (κ3) is 2.58. The van der Waals surface area contributed by atoms with Gasteiger partial charge < -0.3 is 15.2 Å². The van der Waals surface area contributed by atoms with E-state index in [1.165, 1.54) is 0 Å². The molecule has 6 nitrogen and oxygen atoms in total. The number of pyridine rings is 1. The Hall–Kier alpha value is -1.95. The number of aliphatic carboxylic acids is 1. The summed E-state index contributed by atoms with van der Waals surface area (Å²) in [7, 11) is 0. The van der Waals surface area contributed by atoms with Crippen LogP contribution < -0.4 is 5.32 Å². The van der Waals surface area contributed by atoms with Crippen molar-refractivity contribution in [2.75, 3.05) is 13.2 Å². The first-order valence-electron chi connectivity index (χ1n) is 5.98. The van der Waals surface area contributed by atoms with Crippen LogP contribution in [0, 0.1) is 12.3 Å². The number of carboxylic acids is 1. The quantitative estimate of drug-likeness (QED) is 0.835. The van der Waals surface area contributed by atoms with Crippen molar-refractivity contribution in [3.63, 3.8) is 0 Å². The molecule has 2 unspecified atom stereocenters. The molecule has 1 aromatic rings. The van der Waals surface area contributed by atoms with Gasteiger partial charge in [-0.05, 0) is 26.0 Å². The molecule has 6 heteroatoms. The van der Waals surface area contributed by atoms with E-state index in [-0.39, 0.29) is 19.1 Å². The van der Waals surface area contributed by atoms with Gasteiger partial charge in [0.05, 0.1) is 19.3 Å². The highest BCUT2D eigenvalue weighted by molar-refractivity contribution is 5.95. The molecule has 0 aromatic carbocycles. The first-order valence-corrected chi connectivity index (χ1v) is 5.98. The lowest BCUT2D eigenvalue weighted by molar-refractivity contribution is -0.148. The van der Waals surface area contributed by atoms with Gasteiger partial charge in [0, 0.05) is 17.5 Å². The van der Waals surface area contributed by atoms with Crippen LogP contribution in [0.2, 0.25) is 0 Å². The number of hydrogen-bond acceptors (Lipinski definition) is 4. The van der Waals surface area contributed by atoms with E-state index >= 15 is 0 Å². The van der Waals surface area contributed by atoms with Gasteiger partial charge in [-0.25, -0.2) is 0 Å². The molecule has 1 aliphatic heterocycles. The molecule has 2 atom stereocenters. The van der Waals surface area contributed by atoms with Crippen LogP contribution >= 0.6 is 0 Å². The summed E-state index contributed by atoms with van der Waals surface area (Å²) in [5.41, 5.74) is 0.112. The molecule has 1 aromatic heterocycles. The third-order valence-electron chi connectivity index (χ3n) is 3.41. The van der Waals surface area contributed by atoms with Crippen LogP contribution in [0.15, 0.2) is 18.3 Å². The predicted octanol–water partition coefficient (Wildman–Crippen LogP) is 0.610. The van der Waals surface area contributed by atoms with Crippen LogP contribution in [0.4, 0.5) is 0 Å². The maximum atomic E-state index is 12.1. The lowest BCUT2D eigenvalue weighted by atomic mass is 9.85. The van der Waals surface area contributed by atoms with E-state index in [1.54, 1.807) is 32.2 Å². The van der Waals surface area contributed by atoms with Crippen LogP contribution in [0.1, 0.15) is 23.0 Å². The van der Waals surface area contributed by atoms with Gasteiger partial charge in [0.1, 0.15) is 5.41 Å². The smallest absolute Gasteiger partial charge is 0.313 e. The number of aromatic nitrogens is 1. The minimum absolute atomic E-state index is 0.0999. The standard InChI is InChI=1S/C13H16N2O4/c1-8-5-9(3-4-14-8)11(16)15-10-6-19-7-13(10,2)12(17)18/h3-5,10H,6-7H2,1-2H3,(H,15,16)(H,17,18). The van der Waals surface area contributed by atoms with Gasteiger partial charge in [0.15, 0.2) is 0 Å². The summed E-state index contributed by atoms with van der Waals surface area (Å²) in [5.74, 6) is -1.28. The number of rotatable bonds is 3. The molecule has 0 spiro atoms. The first-order chi connectivity index (χ1) is 8.93. The number of hydrogen-bond donors (Lipinski definition) is 2. The summed E-state index contributed by atoms with van der Waals surface area (Å²) >= 11 is 0. The number of carbonyl (C=O) groups is 2. The molecule has 1 amide bonds. The Balaban J connectivity index is 2.13. The minimum Gasteiger partial charge on any atom is -0.481 e. The van der Waals surface area contributed by atoms with Gasteiger partial charge in [0.2, 0.25) is 0 Å². The van der Waals surface area contributed by atoms with Crippen LogP contribution in [-0.2, 0) is 9.53 Å². The van der Waals surface area contributed by atoms with Gasteiger partial charge in [-0.2, -0.15) is 0 Å². The van der Waals surface area contributed by atoms with Crippen LogP contribution in [0.5, 0.6) is 0 Å². The molecule has 102 valence electrons. The molecule has 0 bridgehead atoms. The summed E-state index contributed by atoms with van der Waals surface area (Å²) in [5, 5.41) is 12.0. The van der Waals surface area contributed by atoms with Crippen molar-refractivity contribution >= 4 is 11.9 Å². The Labute approximate surface area is 110 Å². The molecule has 0 saturated carbocycles. The van der Waals surface area contributed by atoms with E-state index in [2.05, 4.69) is 10.3 Å². The van der Waals surface area contributed by atoms with E-state index < -0.39 is 17.4 Å². The van der Waals surface area contributed by atoms with Crippen molar-refractivity contribution in [1.82, 2.24) is 10.3 Å². The topological polar surface area (TPSA) is 88.5 Å². The van der Waals surface area contributed by atoms with E-state index in [9.17, 15) is 14.7 Å². The SMILES string of the molecule is Cc1cc(C(=O)NC2COCC2(C)C(=O)O)ccn1. The maximum absolute atomic E-state index is 12.1. The molecule has 19 heavy (non-hydrogen) atoms. The molecule has 0 aliphatic carbocycles. The second-order valence-corrected chi connectivity index (χ2v) is 4.95. The highest BCUT2D eigenvalue weighted by Gasteiger charge is 2.47. The number of nitrogens with zero attached hydrogens (tertiary/aromatic N) is 1. The zero-order valence-electron chi connectivity index (χ0n) is 10.8. The Kier molecular flexibility index (Phi) is 3.53. The van der Waals surface area contributed by atoms with Crippen LogP contribution in [0.25, 0.3) is 0 Å². The number of ether oxygens (including phenoxy) is 1. The summed E-state index contributed by atoms with van der Waals surface area (Å²) in [6.07, 6.45) is 1.55. The predicted molar refractivity (Wildman–Crippen MR) is 66.8 cm³/mol. The Bertz CT molecular complexity index is 517. The first kappa shape index (κ1) is 13.5. The van der Waals surface area contributed by atoms with Crippen molar-refractivity contribution < 1.29 is 19.4 Å². The number of carboxylic acid groups (broad SMARTS) is 1. The lowest BCUT2D eigenvalue weighted by Gasteiger charge is -2.25. The van der Waals surface area contributed by atoms with E-state index in [4.69, 9.17) is 4.74 Å². The third-order valence-corrected chi connectivity index (χ3v) is 3.41. The minimum atomic E-state index is -1.09. The van der Waals surface area contributed by atoms with Crippen molar-refractivity contribution in [1.29, 1.82) is 0 Å². The van der Waals surface area contributed by atoms with E-state index in [1.807, 2.05) is 0 Å². The normalized spacial score (nSPS) is 26.1. The van der Waals surface area contributed by atoms with Gasteiger partial charge in [-0.1, -0.05) is 0 Å². The monoisotopic (exact) mass is 264 g/mol. The van der Waals surface area contributed by atoms with Crippen LogP contribution in [-0.4, -0.2) is 41.2 Å². The maximum Gasteiger partial charge on any atom is 0.313 e. The van der Waals surface area contributed by atoms with Crippen molar-refractivity contribution in [3.8, 4) is 0 Å². The lowest BCUT2D eigenvalue weighted by Crippen LogP contribution is -2.49. The van der Waals surface area contributed by atoms with E-state index in [0.717, 1.165) is 5.69 Å². The summed E-state index contributed by atoms with van der Waals surface area (Å²) in [4.78, 5) is 27.4. The van der Waals surface area contributed by atoms with Crippen molar-refractivity contribution in [2.45, 2.75) is 19.9 Å². The largest absolute Gasteiger partial charge is 0.481 e. The zero-order valence-corrected chi connectivity index (χ0v) is 10.8. The van der Waals surface area contributed by atoms with Crippen molar-refractivity contribution in [2.24, 2.45) is 5.41 Å². The van der Waals surface area contributed by atoms with Gasteiger partial charge in [-0.3, -0.25) is 14.6 Å². The molecule has 0 radical (unpaired) electrons. The Morgan fingerprint density at radius 2 is 2.32 bits per heavy atom.